The summed E-state index contributed by atoms with van der Waals surface area (Å²) in [5.74, 6) is 0.201. The molecular formula is C21H18ClFN6O. The van der Waals surface area contributed by atoms with Crippen LogP contribution in [0.5, 0.6) is 0 Å². The van der Waals surface area contributed by atoms with Gasteiger partial charge < -0.3 is 11.1 Å². The van der Waals surface area contributed by atoms with Gasteiger partial charge in [0.1, 0.15) is 28.4 Å². The molecule has 2 heterocycles. The first-order valence-electron chi connectivity index (χ1n) is 9.05. The minimum atomic E-state index is -0.602. The van der Waals surface area contributed by atoms with Crippen molar-refractivity contribution in [3.8, 4) is 5.69 Å². The van der Waals surface area contributed by atoms with Crippen molar-refractivity contribution in [1.29, 1.82) is 0 Å². The van der Waals surface area contributed by atoms with Crippen molar-refractivity contribution in [3.63, 3.8) is 0 Å². The summed E-state index contributed by atoms with van der Waals surface area (Å²) in [6, 6.07) is 13.2. The molecule has 2 aromatic carbocycles. The lowest BCUT2D eigenvalue weighted by Gasteiger charge is -2.19. The van der Waals surface area contributed by atoms with Crippen LogP contribution in [0.15, 0.2) is 66.0 Å². The van der Waals surface area contributed by atoms with Gasteiger partial charge in [-0.05, 0) is 24.3 Å². The van der Waals surface area contributed by atoms with Crippen LogP contribution in [-0.2, 0) is 7.05 Å². The van der Waals surface area contributed by atoms with Gasteiger partial charge in [0.15, 0.2) is 5.82 Å². The van der Waals surface area contributed by atoms with Gasteiger partial charge in [0.2, 0.25) is 0 Å². The molecule has 0 aliphatic carbocycles. The molecule has 1 unspecified atom stereocenters. The molecule has 3 N–H and O–H groups in total. The summed E-state index contributed by atoms with van der Waals surface area (Å²) < 4.78 is 16.9. The largest absolute Gasteiger partial charge is 0.380 e. The van der Waals surface area contributed by atoms with E-state index in [1.54, 1.807) is 12.1 Å². The number of hydrogen-bond donors (Lipinski definition) is 2. The van der Waals surface area contributed by atoms with E-state index in [1.165, 1.54) is 19.2 Å². The average Bonchev–Trinajstić information content (AvgIpc) is 3.11. The second-order valence-electron chi connectivity index (χ2n) is 6.63. The van der Waals surface area contributed by atoms with Gasteiger partial charge in [0, 0.05) is 18.8 Å². The second-order valence-corrected chi connectivity index (χ2v) is 7.01. The van der Waals surface area contributed by atoms with Gasteiger partial charge in [-0.15, -0.1) is 6.58 Å². The van der Waals surface area contributed by atoms with Crippen molar-refractivity contribution in [2.45, 2.75) is 6.04 Å². The highest BCUT2D eigenvalue weighted by Crippen LogP contribution is 2.31. The fourth-order valence-electron chi connectivity index (χ4n) is 3.26. The molecule has 4 rings (SSSR count). The number of para-hydroxylation sites is 1. The highest BCUT2D eigenvalue weighted by atomic mass is 35.5. The maximum Gasteiger partial charge on any atom is 0.287 e. The molecule has 0 amide bonds. The zero-order valence-corrected chi connectivity index (χ0v) is 16.8. The molecular weight excluding hydrogens is 407 g/mol. The SMILES string of the molecule is C=CC(Nc1c(N)nn(C)c(=O)c1Cl)c1nc2ccc(F)cc2n1-c1ccccc1. The Balaban J connectivity index is 1.91. The highest BCUT2D eigenvalue weighted by molar-refractivity contribution is 6.33. The lowest BCUT2D eigenvalue weighted by molar-refractivity contribution is 0.629. The molecule has 0 aliphatic heterocycles. The predicted molar refractivity (Wildman–Crippen MR) is 116 cm³/mol. The zero-order valence-electron chi connectivity index (χ0n) is 16.0. The summed E-state index contributed by atoms with van der Waals surface area (Å²) in [5.41, 5.74) is 7.66. The van der Waals surface area contributed by atoms with Gasteiger partial charge >= 0.3 is 0 Å². The first-order valence-corrected chi connectivity index (χ1v) is 9.43. The maximum atomic E-state index is 14.0. The molecule has 0 spiro atoms. The quantitative estimate of drug-likeness (QED) is 0.475. The topological polar surface area (TPSA) is 90.8 Å². The molecule has 9 heteroatoms. The van der Waals surface area contributed by atoms with Crippen molar-refractivity contribution in [2.24, 2.45) is 7.05 Å². The summed E-state index contributed by atoms with van der Waals surface area (Å²) in [6.45, 7) is 3.88. The van der Waals surface area contributed by atoms with Crippen molar-refractivity contribution < 1.29 is 4.39 Å². The number of imidazole rings is 1. The van der Waals surface area contributed by atoms with Crippen molar-refractivity contribution in [1.82, 2.24) is 19.3 Å². The van der Waals surface area contributed by atoms with Crippen LogP contribution in [-0.4, -0.2) is 19.3 Å². The number of nitrogen functional groups attached to an aromatic ring is 1. The number of rotatable bonds is 5. The molecule has 4 aromatic rings. The van der Waals surface area contributed by atoms with Gasteiger partial charge in [0.25, 0.3) is 5.56 Å². The monoisotopic (exact) mass is 424 g/mol. The van der Waals surface area contributed by atoms with Gasteiger partial charge in [0.05, 0.1) is 11.0 Å². The molecule has 152 valence electrons. The third-order valence-corrected chi connectivity index (χ3v) is 5.04. The van der Waals surface area contributed by atoms with E-state index in [4.69, 9.17) is 17.3 Å². The summed E-state index contributed by atoms with van der Waals surface area (Å²) >= 11 is 6.22. The van der Waals surface area contributed by atoms with Gasteiger partial charge in [-0.25, -0.2) is 14.1 Å². The molecule has 0 radical (unpaired) electrons. The Hall–Kier alpha value is -3.65. The molecule has 0 saturated carbocycles. The van der Waals surface area contributed by atoms with Gasteiger partial charge in [-0.3, -0.25) is 9.36 Å². The fourth-order valence-corrected chi connectivity index (χ4v) is 3.54. The van der Waals surface area contributed by atoms with Crippen LogP contribution in [0.3, 0.4) is 0 Å². The van der Waals surface area contributed by atoms with Gasteiger partial charge in [-0.1, -0.05) is 35.9 Å². The van der Waals surface area contributed by atoms with Crippen LogP contribution in [0.25, 0.3) is 16.7 Å². The van der Waals surface area contributed by atoms with Crippen molar-refractivity contribution in [3.05, 3.63) is 88.2 Å². The summed E-state index contributed by atoms with van der Waals surface area (Å²) in [4.78, 5) is 16.9. The Labute approximate surface area is 176 Å². The third kappa shape index (κ3) is 3.31. The first kappa shape index (κ1) is 19.7. The number of nitrogens with zero attached hydrogens (tertiary/aromatic N) is 4. The van der Waals surface area contributed by atoms with Crippen LogP contribution in [0.4, 0.5) is 15.9 Å². The summed E-state index contributed by atoms with van der Waals surface area (Å²) in [7, 11) is 1.46. The Morgan fingerprint density at radius 1 is 1.27 bits per heavy atom. The molecule has 2 aromatic heterocycles. The lowest BCUT2D eigenvalue weighted by Crippen LogP contribution is -2.24. The van der Waals surface area contributed by atoms with Crippen LogP contribution in [0.2, 0.25) is 5.02 Å². The van der Waals surface area contributed by atoms with Crippen LogP contribution in [0.1, 0.15) is 11.9 Å². The molecule has 0 aliphatic rings. The molecule has 0 bridgehead atoms. The number of aromatic nitrogens is 4. The van der Waals surface area contributed by atoms with E-state index in [0.29, 0.717) is 16.9 Å². The van der Waals surface area contributed by atoms with E-state index in [9.17, 15) is 9.18 Å². The number of aryl methyl sites for hydroxylation is 1. The minimum absolute atomic E-state index is 0.0577. The predicted octanol–water partition coefficient (Wildman–Crippen LogP) is 3.83. The van der Waals surface area contributed by atoms with Crippen molar-refractivity contribution >= 4 is 34.1 Å². The van der Waals surface area contributed by atoms with E-state index in [2.05, 4.69) is 22.0 Å². The smallest absolute Gasteiger partial charge is 0.287 e. The van der Waals surface area contributed by atoms with Crippen LogP contribution < -0.4 is 16.6 Å². The lowest BCUT2D eigenvalue weighted by atomic mass is 10.2. The number of fused-ring (bicyclic) bond motifs is 1. The van der Waals surface area contributed by atoms with E-state index < -0.39 is 11.6 Å². The number of hydrogen-bond acceptors (Lipinski definition) is 5. The van der Waals surface area contributed by atoms with Crippen LogP contribution in [0, 0.1) is 5.82 Å². The Morgan fingerprint density at radius 2 is 2.00 bits per heavy atom. The first-order chi connectivity index (χ1) is 14.4. The van der Waals surface area contributed by atoms with Crippen LogP contribution >= 0.6 is 11.6 Å². The number of nitrogens with one attached hydrogen (secondary N) is 1. The average molecular weight is 425 g/mol. The Bertz CT molecular complexity index is 1310. The number of benzene rings is 2. The third-order valence-electron chi connectivity index (χ3n) is 4.69. The Kier molecular flexibility index (Phi) is 5.01. The van der Waals surface area contributed by atoms with E-state index in [1.807, 2.05) is 34.9 Å². The standard InChI is InChI=1S/C21H18ClFN6O/c1-3-14(25-18-17(22)21(30)28(2)27-19(18)24)20-26-15-10-9-12(23)11-16(15)29(20)13-7-5-4-6-8-13/h3-11,14,25H,1H2,2H3,(H2,24,27). The van der Waals surface area contributed by atoms with Gasteiger partial charge in [-0.2, -0.15) is 5.10 Å². The normalized spacial score (nSPS) is 12.1. The summed E-state index contributed by atoms with van der Waals surface area (Å²) in [6.07, 6.45) is 1.60. The van der Waals surface area contributed by atoms with E-state index in [0.717, 1.165) is 10.4 Å². The fraction of sp³-hybridized carbons (Fsp3) is 0.0952. The zero-order chi connectivity index (χ0) is 21.4. The molecule has 30 heavy (non-hydrogen) atoms. The molecule has 0 fully saturated rings. The molecule has 0 saturated heterocycles. The highest BCUT2D eigenvalue weighted by Gasteiger charge is 2.22. The number of nitrogens with two attached hydrogens (primary N) is 1. The molecule has 1 atom stereocenters. The second kappa shape index (κ2) is 7.64. The minimum Gasteiger partial charge on any atom is -0.380 e. The number of anilines is 2. The number of halogens is 2. The Morgan fingerprint density at radius 3 is 2.70 bits per heavy atom. The van der Waals surface area contributed by atoms with E-state index >= 15 is 0 Å². The summed E-state index contributed by atoms with van der Waals surface area (Å²) in [5, 5.41) is 6.99. The van der Waals surface area contributed by atoms with E-state index in [-0.39, 0.29) is 22.3 Å². The van der Waals surface area contributed by atoms with Crippen molar-refractivity contribution in [2.75, 3.05) is 11.1 Å². The maximum absolute atomic E-state index is 14.0. The molecule has 7 nitrogen and oxygen atoms in total.